The lowest BCUT2D eigenvalue weighted by molar-refractivity contribution is -0.137. The monoisotopic (exact) mass is 189 g/mol. The number of carboxylic acids is 1. The van der Waals surface area contributed by atoms with Crippen LogP contribution in [0.5, 0.6) is 0 Å². The van der Waals surface area contributed by atoms with Crippen LogP contribution in [0.4, 0.5) is 0 Å². The van der Waals surface area contributed by atoms with Gasteiger partial charge < -0.3 is 15.2 Å². The topological polar surface area (TPSA) is 58.6 Å². The summed E-state index contributed by atoms with van der Waals surface area (Å²) in [5, 5.41) is 11.4. The Labute approximate surface area is 79.3 Å². The van der Waals surface area contributed by atoms with Crippen LogP contribution < -0.4 is 5.32 Å². The first-order chi connectivity index (χ1) is 6.27. The van der Waals surface area contributed by atoms with E-state index in [2.05, 4.69) is 12.2 Å². The highest BCUT2D eigenvalue weighted by atomic mass is 16.5. The summed E-state index contributed by atoms with van der Waals surface area (Å²) >= 11 is 0. The molecular formula is C9H19NO3. The Hall–Kier alpha value is -0.610. The smallest absolute Gasteiger partial charge is 0.303 e. The van der Waals surface area contributed by atoms with Gasteiger partial charge in [0.05, 0.1) is 6.61 Å². The third kappa shape index (κ3) is 11.4. The third-order valence-electron chi connectivity index (χ3n) is 1.52. The number of rotatable bonds is 9. The van der Waals surface area contributed by atoms with E-state index in [-0.39, 0.29) is 6.42 Å². The molecule has 0 aliphatic rings. The molecule has 0 radical (unpaired) electrons. The summed E-state index contributed by atoms with van der Waals surface area (Å²) in [6, 6.07) is 0. The second-order valence-corrected chi connectivity index (χ2v) is 2.86. The molecule has 0 bridgehead atoms. The highest BCUT2D eigenvalue weighted by Crippen LogP contribution is 1.85. The zero-order valence-corrected chi connectivity index (χ0v) is 8.21. The molecule has 0 aliphatic heterocycles. The standard InChI is InChI=1S/C9H19NO3/c1-2-7-13-8-6-10-5-3-4-9(11)12/h10H,2-8H2,1H3,(H,11,12). The number of hydrogen-bond acceptors (Lipinski definition) is 3. The molecule has 0 aliphatic carbocycles. The Morgan fingerprint density at radius 3 is 2.77 bits per heavy atom. The van der Waals surface area contributed by atoms with E-state index in [0.29, 0.717) is 13.0 Å². The Balaban J connectivity index is 2.87. The first-order valence-electron chi connectivity index (χ1n) is 4.77. The van der Waals surface area contributed by atoms with Crippen molar-refractivity contribution in [3.8, 4) is 0 Å². The van der Waals surface area contributed by atoms with Crippen LogP contribution >= 0.6 is 0 Å². The van der Waals surface area contributed by atoms with Gasteiger partial charge >= 0.3 is 5.97 Å². The number of hydrogen-bond donors (Lipinski definition) is 2. The van der Waals surface area contributed by atoms with Crippen molar-refractivity contribution >= 4 is 5.97 Å². The molecule has 0 amide bonds. The van der Waals surface area contributed by atoms with Gasteiger partial charge in [-0.25, -0.2) is 0 Å². The maximum Gasteiger partial charge on any atom is 0.303 e. The molecule has 0 fully saturated rings. The van der Waals surface area contributed by atoms with E-state index in [1.807, 2.05) is 0 Å². The van der Waals surface area contributed by atoms with Crippen molar-refractivity contribution in [2.24, 2.45) is 0 Å². The van der Waals surface area contributed by atoms with E-state index in [4.69, 9.17) is 9.84 Å². The lowest BCUT2D eigenvalue weighted by Crippen LogP contribution is -2.21. The lowest BCUT2D eigenvalue weighted by atomic mass is 10.3. The average molecular weight is 189 g/mol. The lowest BCUT2D eigenvalue weighted by Gasteiger charge is -2.03. The predicted molar refractivity (Wildman–Crippen MR) is 50.8 cm³/mol. The van der Waals surface area contributed by atoms with Crippen molar-refractivity contribution < 1.29 is 14.6 Å². The maximum atomic E-state index is 10.1. The zero-order valence-electron chi connectivity index (χ0n) is 8.21. The average Bonchev–Trinajstić information content (AvgIpc) is 2.09. The van der Waals surface area contributed by atoms with Crippen LogP contribution in [0, 0.1) is 0 Å². The molecule has 0 spiro atoms. The van der Waals surface area contributed by atoms with Crippen molar-refractivity contribution in [1.82, 2.24) is 5.32 Å². The summed E-state index contributed by atoms with van der Waals surface area (Å²) in [4.78, 5) is 10.1. The minimum absolute atomic E-state index is 0.239. The molecule has 0 saturated carbocycles. The summed E-state index contributed by atoms with van der Waals surface area (Å²) in [7, 11) is 0. The number of carbonyl (C=O) groups is 1. The van der Waals surface area contributed by atoms with Crippen molar-refractivity contribution in [1.29, 1.82) is 0 Å². The summed E-state index contributed by atoms with van der Waals surface area (Å²) in [5.41, 5.74) is 0. The summed E-state index contributed by atoms with van der Waals surface area (Å²) in [6.45, 7) is 5.14. The van der Waals surface area contributed by atoms with Gasteiger partial charge in [0.15, 0.2) is 0 Å². The fraction of sp³-hybridized carbons (Fsp3) is 0.889. The number of ether oxygens (including phenoxy) is 1. The van der Waals surface area contributed by atoms with Gasteiger partial charge in [0, 0.05) is 19.6 Å². The molecule has 0 atom stereocenters. The van der Waals surface area contributed by atoms with Crippen molar-refractivity contribution in [2.75, 3.05) is 26.3 Å². The van der Waals surface area contributed by atoms with Crippen molar-refractivity contribution in [2.45, 2.75) is 26.2 Å². The summed E-state index contributed by atoms with van der Waals surface area (Å²) in [6.07, 6.45) is 1.96. The van der Waals surface area contributed by atoms with Gasteiger partial charge in [0.2, 0.25) is 0 Å². The van der Waals surface area contributed by atoms with E-state index in [1.165, 1.54) is 0 Å². The molecule has 78 valence electrons. The molecule has 0 rings (SSSR count). The van der Waals surface area contributed by atoms with Gasteiger partial charge in [0.25, 0.3) is 0 Å². The highest BCUT2D eigenvalue weighted by Gasteiger charge is 1.94. The Morgan fingerprint density at radius 2 is 2.15 bits per heavy atom. The molecule has 4 heteroatoms. The van der Waals surface area contributed by atoms with Crippen LogP contribution in [0.1, 0.15) is 26.2 Å². The quantitative estimate of drug-likeness (QED) is 0.528. The molecule has 0 heterocycles. The second kappa shape index (κ2) is 9.48. The molecule has 2 N–H and O–H groups in total. The highest BCUT2D eigenvalue weighted by molar-refractivity contribution is 5.66. The first kappa shape index (κ1) is 12.4. The van der Waals surface area contributed by atoms with Crippen molar-refractivity contribution in [3.05, 3.63) is 0 Å². The van der Waals surface area contributed by atoms with Crippen LogP contribution in [0.3, 0.4) is 0 Å². The molecule has 0 aromatic heterocycles. The molecule has 0 aromatic carbocycles. The molecule has 13 heavy (non-hydrogen) atoms. The van der Waals surface area contributed by atoms with Gasteiger partial charge in [-0.1, -0.05) is 6.92 Å². The second-order valence-electron chi connectivity index (χ2n) is 2.86. The number of nitrogens with one attached hydrogen (secondary N) is 1. The van der Waals surface area contributed by atoms with Gasteiger partial charge in [-0.15, -0.1) is 0 Å². The van der Waals surface area contributed by atoms with Gasteiger partial charge in [-0.2, -0.15) is 0 Å². The minimum atomic E-state index is -0.732. The molecular weight excluding hydrogens is 170 g/mol. The largest absolute Gasteiger partial charge is 0.481 e. The van der Waals surface area contributed by atoms with E-state index >= 15 is 0 Å². The minimum Gasteiger partial charge on any atom is -0.481 e. The molecule has 0 saturated heterocycles. The van der Waals surface area contributed by atoms with Crippen LogP contribution in [0.2, 0.25) is 0 Å². The molecule has 0 unspecified atom stereocenters. The van der Waals surface area contributed by atoms with Crippen LogP contribution in [-0.4, -0.2) is 37.4 Å². The van der Waals surface area contributed by atoms with Gasteiger partial charge in [-0.05, 0) is 19.4 Å². The van der Waals surface area contributed by atoms with Crippen LogP contribution in [0.15, 0.2) is 0 Å². The van der Waals surface area contributed by atoms with E-state index < -0.39 is 5.97 Å². The fourth-order valence-corrected chi connectivity index (χ4v) is 0.880. The van der Waals surface area contributed by atoms with E-state index in [0.717, 1.165) is 26.1 Å². The Kier molecular flexibility index (Phi) is 9.03. The predicted octanol–water partition coefficient (Wildman–Crippen LogP) is 0.867. The first-order valence-corrected chi connectivity index (χ1v) is 4.77. The molecule has 4 nitrogen and oxygen atoms in total. The number of aliphatic carboxylic acids is 1. The Morgan fingerprint density at radius 1 is 1.38 bits per heavy atom. The van der Waals surface area contributed by atoms with E-state index in [1.54, 1.807) is 0 Å². The third-order valence-corrected chi connectivity index (χ3v) is 1.52. The van der Waals surface area contributed by atoms with Crippen LogP contribution in [0.25, 0.3) is 0 Å². The SMILES string of the molecule is CCCOCCNCCCC(=O)O. The normalized spacial score (nSPS) is 10.2. The summed E-state index contributed by atoms with van der Waals surface area (Å²) in [5.74, 6) is -0.732. The Bertz CT molecular complexity index is 128. The summed E-state index contributed by atoms with van der Waals surface area (Å²) < 4.78 is 5.23. The van der Waals surface area contributed by atoms with Crippen molar-refractivity contribution in [3.63, 3.8) is 0 Å². The maximum absolute atomic E-state index is 10.1. The number of carboxylic acid groups (broad SMARTS) is 1. The van der Waals surface area contributed by atoms with Gasteiger partial charge in [0.1, 0.15) is 0 Å². The van der Waals surface area contributed by atoms with Crippen LogP contribution in [-0.2, 0) is 9.53 Å². The van der Waals surface area contributed by atoms with E-state index in [9.17, 15) is 4.79 Å². The molecule has 0 aromatic rings. The fourth-order valence-electron chi connectivity index (χ4n) is 0.880. The van der Waals surface area contributed by atoms with Gasteiger partial charge in [-0.3, -0.25) is 4.79 Å². The zero-order chi connectivity index (χ0) is 9.94.